The van der Waals surface area contributed by atoms with Crippen LogP contribution >= 0.6 is 0 Å². The zero-order valence-electron chi connectivity index (χ0n) is 19.9. The zero-order chi connectivity index (χ0) is 27.6. The Morgan fingerprint density at radius 2 is 1.68 bits per heavy atom. The predicted octanol–water partition coefficient (Wildman–Crippen LogP) is 7.15. The van der Waals surface area contributed by atoms with E-state index in [0.717, 1.165) is 6.20 Å². The van der Waals surface area contributed by atoms with Crippen molar-refractivity contribution in [3.05, 3.63) is 53.0 Å². The molecule has 0 unspecified atom stereocenters. The Kier molecular flexibility index (Phi) is 8.71. The van der Waals surface area contributed by atoms with Gasteiger partial charge in [0.05, 0.1) is 15.7 Å². The molecule has 1 saturated carbocycles. The van der Waals surface area contributed by atoms with Gasteiger partial charge in [-0.1, -0.05) is 18.4 Å². The Balaban J connectivity index is 1.48. The summed E-state index contributed by atoms with van der Waals surface area (Å²) in [5, 5.41) is -0.892. The Morgan fingerprint density at radius 3 is 2.30 bits per heavy atom. The van der Waals surface area contributed by atoms with Crippen LogP contribution in [0.25, 0.3) is 0 Å². The van der Waals surface area contributed by atoms with E-state index in [2.05, 4.69) is 4.99 Å². The van der Waals surface area contributed by atoms with Gasteiger partial charge in [0.15, 0.2) is 15.6 Å². The SMILES string of the molecule is CC1=C(C(=O)CCCCC2CC(S(=O)(=O)c3cc(F)cc(C(F)(F)F)c3)C2)C=CN=C(C(F)(F)F)CC1. The fourth-order valence-corrected chi connectivity index (χ4v) is 6.50. The van der Waals surface area contributed by atoms with Gasteiger partial charge in [0.2, 0.25) is 0 Å². The second kappa shape index (κ2) is 11.1. The number of ketones is 1. The van der Waals surface area contributed by atoms with Crippen LogP contribution in [0.4, 0.5) is 30.7 Å². The highest BCUT2D eigenvalue weighted by molar-refractivity contribution is 7.92. The van der Waals surface area contributed by atoms with Crippen molar-refractivity contribution in [2.24, 2.45) is 10.9 Å². The Labute approximate surface area is 210 Å². The van der Waals surface area contributed by atoms with E-state index >= 15 is 0 Å². The molecule has 3 rings (SSSR count). The average Bonchev–Trinajstić information content (AvgIpc) is 2.72. The van der Waals surface area contributed by atoms with Crippen LogP contribution in [0.1, 0.15) is 63.9 Å². The lowest BCUT2D eigenvalue weighted by Gasteiger charge is -2.35. The van der Waals surface area contributed by atoms with E-state index in [1.165, 1.54) is 6.08 Å². The molecule has 1 fully saturated rings. The predicted molar refractivity (Wildman–Crippen MR) is 123 cm³/mol. The molecule has 1 aromatic rings. The van der Waals surface area contributed by atoms with Crippen molar-refractivity contribution in [1.82, 2.24) is 0 Å². The number of alkyl halides is 6. The average molecular weight is 554 g/mol. The number of hydrogen-bond donors (Lipinski definition) is 0. The van der Waals surface area contributed by atoms with Gasteiger partial charge in [0, 0.05) is 18.2 Å². The Morgan fingerprint density at radius 1 is 1.00 bits per heavy atom. The molecule has 0 N–H and O–H groups in total. The van der Waals surface area contributed by atoms with Gasteiger partial charge in [0.25, 0.3) is 0 Å². The summed E-state index contributed by atoms with van der Waals surface area (Å²) in [4.78, 5) is 15.3. The normalized spacial score (nSPS) is 21.2. The smallest absolute Gasteiger partial charge is 0.294 e. The molecule has 1 aromatic carbocycles. The number of carbonyl (C=O) groups excluding carboxylic acids is 1. The number of halogens is 7. The third-order valence-corrected chi connectivity index (χ3v) is 8.88. The van der Waals surface area contributed by atoms with Crippen LogP contribution in [-0.2, 0) is 20.8 Å². The number of carbonyl (C=O) groups is 1. The van der Waals surface area contributed by atoms with E-state index < -0.39 is 49.4 Å². The van der Waals surface area contributed by atoms with Gasteiger partial charge in [-0.2, -0.15) is 26.3 Å². The minimum Gasteiger partial charge on any atom is -0.294 e. The summed E-state index contributed by atoms with van der Waals surface area (Å²) in [5.74, 6) is -1.46. The van der Waals surface area contributed by atoms with Gasteiger partial charge >= 0.3 is 12.4 Å². The monoisotopic (exact) mass is 553 g/mol. The fraction of sp³-hybridized carbons (Fsp3) is 0.520. The second-order valence-corrected chi connectivity index (χ2v) is 11.7. The molecule has 37 heavy (non-hydrogen) atoms. The first kappa shape index (κ1) is 29.1. The van der Waals surface area contributed by atoms with Gasteiger partial charge < -0.3 is 0 Å². The summed E-state index contributed by atoms with van der Waals surface area (Å²) < 4.78 is 116. The van der Waals surface area contributed by atoms with Gasteiger partial charge in [-0.05, 0) is 69.2 Å². The largest absolute Gasteiger partial charge is 0.429 e. The first-order valence-electron chi connectivity index (χ1n) is 11.7. The van der Waals surface area contributed by atoms with Crippen molar-refractivity contribution in [3.63, 3.8) is 0 Å². The topological polar surface area (TPSA) is 63.6 Å². The van der Waals surface area contributed by atoms with Gasteiger partial charge in [-0.3, -0.25) is 9.79 Å². The highest BCUT2D eigenvalue weighted by Crippen LogP contribution is 2.40. The van der Waals surface area contributed by atoms with Crippen molar-refractivity contribution in [2.45, 2.75) is 80.8 Å². The highest BCUT2D eigenvalue weighted by Gasteiger charge is 2.41. The van der Waals surface area contributed by atoms with E-state index in [-0.39, 0.29) is 49.9 Å². The minimum absolute atomic E-state index is 0.0166. The minimum atomic E-state index is -4.87. The van der Waals surface area contributed by atoms with Crippen molar-refractivity contribution in [1.29, 1.82) is 0 Å². The molecule has 1 heterocycles. The Hall–Kier alpha value is -2.50. The van der Waals surface area contributed by atoms with Crippen molar-refractivity contribution in [2.75, 3.05) is 0 Å². The number of benzene rings is 1. The lowest BCUT2D eigenvalue weighted by atomic mass is 9.81. The molecule has 1 aliphatic heterocycles. The number of aliphatic imine (C=N–C) groups is 1. The summed E-state index contributed by atoms with van der Waals surface area (Å²) >= 11 is 0. The number of hydrogen-bond acceptors (Lipinski definition) is 4. The van der Waals surface area contributed by atoms with Crippen LogP contribution in [0.5, 0.6) is 0 Å². The fourth-order valence-electron chi connectivity index (χ4n) is 4.49. The van der Waals surface area contributed by atoms with Gasteiger partial charge in [-0.25, -0.2) is 12.8 Å². The number of rotatable bonds is 8. The second-order valence-electron chi connectivity index (χ2n) is 9.43. The molecule has 0 radical (unpaired) electrons. The summed E-state index contributed by atoms with van der Waals surface area (Å²) in [6, 6.07) is 1.30. The first-order chi connectivity index (χ1) is 17.1. The van der Waals surface area contributed by atoms with Crippen LogP contribution in [-0.4, -0.2) is 31.3 Å². The lowest BCUT2D eigenvalue weighted by molar-refractivity contribution is -0.138. The third-order valence-electron chi connectivity index (χ3n) is 6.72. The van der Waals surface area contributed by atoms with Crippen LogP contribution in [0.2, 0.25) is 0 Å². The summed E-state index contributed by atoms with van der Waals surface area (Å²) in [6.45, 7) is 1.61. The van der Waals surface area contributed by atoms with Crippen LogP contribution in [0.15, 0.2) is 51.5 Å². The molecule has 204 valence electrons. The van der Waals surface area contributed by atoms with E-state index in [0.29, 0.717) is 42.5 Å². The molecule has 0 aromatic heterocycles. The summed E-state index contributed by atoms with van der Waals surface area (Å²) in [5.41, 5.74) is -1.36. The van der Waals surface area contributed by atoms with Crippen molar-refractivity contribution in [3.8, 4) is 0 Å². The molecular formula is C25H26F7NO3S. The summed E-state index contributed by atoms with van der Waals surface area (Å²) in [6.07, 6.45) is -4.99. The standard InChI is InChI=1S/C25H26F7NO3S/c1-15-6-7-23(25(30,31)32)33-9-8-21(15)22(34)5-3-2-4-16-10-19(11-16)37(35,36)20-13-17(24(27,28)29)12-18(26)14-20/h8-9,12-14,16,19H,2-7,10-11H2,1H3. The molecule has 0 saturated heterocycles. The molecule has 0 spiro atoms. The summed E-state index contributed by atoms with van der Waals surface area (Å²) in [7, 11) is -4.11. The lowest BCUT2D eigenvalue weighted by Crippen LogP contribution is -2.36. The first-order valence-corrected chi connectivity index (χ1v) is 13.3. The number of sulfone groups is 1. The molecule has 12 heteroatoms. The quantitative estimate of drug-likeness (QED) is 0.254. The van der Waals surface area contributed by atoms with Gasteiger partial charge in [-0.15, -0.1) is 0 Å². The van der Waals surface area contributed by atoms with Gasteiger partial charge in [0.1, 0.15) is 11.5 Å². The molecule has 4 nitrogen and oxygen atoms in total. The maximum Gasteiger partial charge on any atom is 0.429 e. The number of allylic oxidation sites excluding steroid dienone is 3. The molecule has 0 atom stereocenters. The van der Waals surface area contributed by atoms with Crippen LogP contribution in [0, 0.1) is 11.7 Å². The highest BCUT2D eigenvalue weighted by atomic mass is 32.2. The maximum atomic E-state index is 13.6. The third kappa shape index (κ3) is 7.30. The van der Waals surface area contributed by atoms with E-state index in [1.807, 2.05) is 0 Å². The molecule has 2 aliphatic rings. The molecular weight excluding hydrogens is 527 g/mol. The number of nitrogens with zero attached hydrogens (tertiary/aromatic N) is 1. The van der Waals surface area contributed by atoms with E-state index in [9.17, 15) is 43.9 Å². The molecule has 1 aliphatic carbocycles. The van der Waals surface area contributed by atoms with E-state index in [4.69, 9.17) is 0 Å². The van der Waals surface area contributed by atoms with Crippen molar-refractivity contribution >= 4 is 21.3 Å². The zero-order valence-corrected chi connectivity index (χ0v) is 20.7. The Bertz CT molecular complexity index is 1220. The van der Waals surface area contributed by atoms with Crippen LogP contribution < -0.4 is 0 Å². The number of Topliss-reactive ketones (excluding diaryl/α,β-unsaturated/α-hetero) is 1. The van der Waals surface area contributed by atoms with Crippen molar-refractivity contribution < 1.29 is 43.9 Å². The van der Waals surface area contributed by atoms with E-state index in [1.54, 1.807) is 6.92 Å². The molecule has 0 amide bonds. The number of unbranched alkanes of at least 4 members (excludes halogenated alkanes) is 1. The molecule has 0 bridgehead atoms. The van der Waals surface area contributed by atoms with Crippen LogP contribution in [0.3, 0.4) is 0 Å². The maximum absolute atomic E-state index is 13.6.